The Bertz CT molecular complexity index is 1590. The van der Waals surface area contributed by atoms with Gasteiger partial charge in [-0.3, -0.25) is 19.7 Å². The van der Waals surface area contributed by atoms with Gasteiger partial charge in [-0.05, 0) is 73.4 Å². The topological polar surface area (TPSA) is 131 Å². The average Bonchev–Trinajstić information content (AvgIpc) is 3.24. The van der Waals surface area contributed by atoms with E-state index in [-0.39, 0.29) is 31.2 Å². The van der Waals surface area contributed by atoms with Crippen molar-refractivity contribution in [3.8, 4) is 17.2 Å². The summed E-state index contributed by atoms with van der Waals surface area (Å²) in [6, 6.07) is 18.7. The van der Waals surface area contributed by atoms with Gasteiger partial charge in [0.25, 0.3) is 5.91 Å². The lowest BCUT2D eigenvalue weighted by atomic mass is 9.92. The molecule has 5 amide bonds. The molecule has 1 saturated heterocycles. The van der Waals surface area contributed by atoms with Crippen molar-refractivity contribution in [2.75, 3.05) is 5.32 Å². The van der Waals surface area contributed by atoms with Gasteiger partial charge in [0.2, 0.25) is 11.8 Å². The van der Waals surface area contributed by atoms with Crippen LogP contribution in [0.4, 0.5) is 10.5 Å². The predicted molar refractivity (Wildman–Crippen MR) is 149 cm³/mol. The predicted octanol–water partition coefficient (Wildman–Crippen LogP) is 4.70. The largest absolute Gasteiger partial charge is 0.329 e. The molecular weight excluding hydrogens is 530 g/mol. The van der Waals surface area contributed by atoms with E-state index in [4.69, 9.17) is 11.6 Å². The molecule has 3 aromatic rings. The maximum absolute atomic E-state index is 12.9. The van der Waals surface area contributed by atoms with E-state index in [9.17, 15) is 24.4 Å². The first-order valence-corrected chi connectivity index (χ1v) is 13.1. The molecule has 2 heterocycles. The van der Waals surface area contributed by atoms with Gasteiger partial charge in [0.1, 0.15) is 6.04 Å². The Hall–Kier alpha value is -4.68. The number of imide groups is 1. The van der Waals surface area contributed by atoms with E-state index in [0.717, 1.165) is 16.7 Å². The molecule has 0 radical (unpaired) electrons. The van der Waals surface area contributed by atoms with Gasteiger partial charge in [0, 0.05) is 34.8 Å². The molecule has 0 saturated carbocycles. The summed E-state index contributed by atoms with van der Waals surface area (Å²) in [6.45, 7) is 3.98. The maximum Gasteiger partial charge on any atom is 0.319 e. The molecular formula is C30H26ClN5O4. The van der Waals surface area contributed by atoms with Crippen molar-refractivity contribution < 1.29 is 19.2 Å². The monoisotopic (exact) mass is 555 g/mol. The van der Waals surface area contributed by atoms with E-state index in [2.05, 4.69) is 22.0 Å². The molecule has 0 bridgehead atoms. The molecule has 9 nitrogen and oxygen atoms in total. The third-order valence-electron chi connectivity index (χ3n) is 7.22. The van der Waals surface area contributed by atoms with Crippen molar-refractivity contribution in [3.63, 3.8) is 0 Å². The summed E-state index contributed by atoms with van der Waals surface area (Å²) in [6.07, 6.45) is 0.470. The molecule has 1 fully saturated rings. The Morgan fingerprint density at radius 3 is 2.50 bits per heavy atom. The molecule has 0 spiro atoms. The van der Waals surface area contributed by atoms with Crippen molar-refractivity contribution >= 4 is 41.0 Å². The Kier molecular flexibility index (Phi) is 7.04. The standard InChI is InChI=1S/C30H26ClN5O4/c1-30(2,20-6-4-18(5-7-20)23-13-17(15-32)3-10-24(23)31)35-29(40)33-21-8-9-22-19(14-21)16-36(28(22)39)25-11-12-26(37)34-27(25)38/h3-10,13-14,25H,11-12,16H2,1-2H3,(H2,33,35,40)(H,34,37,38). The van der Waals surface area contributed by atoms with E-state index in [1.54, 1.807) is 36.4 Å². The van der Waals surface area contributed by atoms with Gasteiger partial charge in [-0.1, -0.05) is 35.9 Å². The van der Waals surface area contributed by atoms with Crippen molar-refractivity contribution in [3.05, 3.63) is 87.9 Å². The molecule has 3 aromatic carbocycles. The summed E-state index contributed by atoms with van der Waals surface area (Å²) in [7, 11) is 0. The number of halogens is 1. The maximum atomic E-state index is 12.9. The number of nitriles is 1. The molecule has 1 unspecified atom stereocenters. The highest BCUT2D eigenvalue weighted by molar-refractivity contribution is 6.33. The third-order valence-corrected chi connectivity index (χ3v) is 7.55. The number of nitrogens with one attached hydrogen (secondary N) is 3. The van der Waals surface area contributed by atoms with Crippen LogP contribution in [-0.4, -0.2) is 34.7 Å². The summed E-state index contributed by atoms with van der Waals surface area (Å²) in [5.41, 5.74) is 3.92. The van der Waals surface area contributed by atoms with E-state index in [1.165, 1.54) is 4.90 Å². The fourth-order valence-corrected chi connectivity index (χ4v) is 5.28. The second kappa shape index (κ2) is 10.5. The van der Waals surface area contributed by atoms with Crippen LogP contribution in [0.2, 0.25) is 5.02 Å². The highest BCUT2D eigenvalue weighted by atomic mass is 35.5. The lowest BCUT2D eigenvalue weighted by Crippen LogP contribution is -2.52. The number of piperidine rings is 1. The quantitative estimate of drug-likeness (QED) is 0.393. The van der Waals surface area contributed by atoms with Crippen molar-refractivity contribution in [1.82, 2.24) is 15.5 Å². The molecule has 10 heteroatoms. The van der Waals surface area contributed by atoms with E-state index >= 15 is 0 Å². The summed E-state index contributed by atoms with van der Waals surface area (Å²) in [4.78, 5) is 51.0. The second-order valence-corrected chi connectivity index (χ2v) is 10.8. The third kappa shape index (κ3) is 5.26. The summed E-state index contributed by atoms with van der Waals surface area (Å²) in [5, 5.41) is 17.8. The minimum Gasteiger partial charge on any atom is -0.329 e. The zero-order chi connectivity index (χ0) is 28.6. The molecule has 40 heavy (non-hydrogen) atoms. The number of amides is 5. The van der Waals surface area contributed by atoms with Crippen LogP contribution in [0.5, 0.6) is 0 Å². The second-order valence-electron chi connectivity index (χ2n) is 10.4. The van der Waals surface area contributed by atoms with Crippen LogP contribution >= 0.6 is 11.6 Å². The van der Waals surface area contributed by atoms with Gasteiger partial charge in [-0.2, -0.15) is 5.26 Å². The zero-order valence-corrected chi connectivity index (χ0v) is 22.6. The summed E-state index contributed by atoms with van der Waals surface area (Å²) in [5.74, 6) is -1.08. The van der Waals surface area contributed by atoms with Gasteiger partial charge in [0.05, 0.1) is 17.2 Å². The normalized spacial score (nSPS) is 16.7. The van der Waals surface area contributed by atoms with Crippen LogP contribution in [0.15, 0.2) is 60.7 Å². The Morgan fingerprint density at radius 1 is 1.05 bits per heavy atom. The van der Waals surface area contributed by atoms with E-state index < -0.39 is 23.5 Å². The van der Waals surface area contributed by atoms with Crippen LogP contribution in [0.1, 0.15) is 53.7 Å². The van der Waals surface area contributed by atoms with Gasteiger partial charge >= 0.3 is 6.03 Å². The Labute approximate surface area is 236 Å². The minimum atomic E-state index is -0.726. The van der Waals surface area contributed by atoms with Crippen LogP contribution in [0.3, 0.4) is 0 Å². The number of anilines is 1. The number of hydrogen-bond donors (Lipinski definition) is 3. The molecule has 0 aliphatic carbocycles. The van der Waals surface area contributed by atoms with Crippen molar-refractivity contribution in [2.24, 2.45) is 0 Å². The highest BCUT2D eigenvalue weighted by Crippen LogP contribution is 2.32. The van der Waals surface area contributed by atoms with Gasteiger partial charge in [-0.25, -0.2) is 4.79 Å². The molecule has 1 atom stereocenters. The lowest BCUT2D eigenvalue weighted by molar-refractivity contribution is -0.136. The van der Waals surface area contributed by atoms with Gasteiger partial charge in [-0.15, -0.1) is 0 Å². The van der Waals surface area contributed by atoms with Crippen LogP contribution < -0.4 is 16.0 Å². The van der Waals surface area contributed by atoms with Crippen LogP contribution in [0.25, 0.3) is 11.1 Å². The van der Waals surface area contributed by atoms with Gasteiger partial charge in [0.15, 0.2) is 0 Å². The minimum absolute atomic E-state index is 0.185. The fraction of sp³-hybridized carbons (Fsp3) is 0.233. The fourth-order valence-electron chi connectivity index (χ4n) is 5.05. The first-order valence-electron chi connectivity index (χ1n) is 12.7. The van der Waals surface area contributed by atoms with E-state index in [0.29, 0.717) is 27.4 Å². The number of hydrogen-bond acceptors (Lipinski definition) is 5. The average molecular weight is 556 g/mol. The van der Waals surface area contributed by atoms with Crippen molar-refractivity contribution in [1.29, 1.82) is 5.26 Å². The van der Waals surface area contributed by atoms with Crippen LogP contribution in [0, 0.1) is 11.3 Å². The number of carbonyl (C=O) groups is 4. The number of urea groups is 1. The number of nitrogens with zero attached hydrogens (tertiary/aromatic N) is 2. The number of fused-ring (bicyclic) bond motifs is 1. The molecule has 2 aliphatic rings. The highest BCUT2D eigenvalue weighted by Gasteiger charge is 2.39. The Balaban J connectivity index is 1.25. The molecule has 3 N–H and O–H groups in total. The first-order chi connectivity index (χ1) is 19.1. The summed E-state index contributed by atoms with van der Waals surface area (Å²) < 4.78 is 0. The summed E-state index contributed by atoms with van der Waals surface area (Å²) >= 11 is 6.34. The molecule has 5 rings (SSSR count). The smallest absolute Gasteiger partial charge is 0.319 e. The van der Waals surface area contributed by atoms with E-state index in [1.807, 2.05) is 38.1 Å². The SMILES string of the molecule is CC(C)(NC(=O)Nc1ccc2c(c1)CN(C1CCC(=O)NC1=O)C2=O)c1ccc(-c2cc(C#N)ccc2Cl)cc1. The number of rotatable bonds is 5. The van der Waals surface area contributed by atoms with Crippen LogP contribution in [-0.2, 0) is 21.7 Å². The van der Waals surface area contributed by atoms with Gasteiger partial charge < -0.3 is 15.5 Å². The molecule has 0 aromatic heterocycles. The first kappa shape index (κ1) is 26.9. The zero-order valence-electron chi connectivity index (χ0n) is 21.9. The molecule has 2 aliphatic heterocycles. The number of carbonyl (C=O) groups excluding carboxylic acids is 4. The lowest BCUT2D eigenvalue weighted by Gasteiger charge is -2.29. The molecule has 202 valence electrons. The van der Waals surface area contributed by atoms with Crippen molar-refractivity contribution in [2.45, 2.75) is 44.8 Å². The number of benzene rings is 3. The Morgan fingerprint density at radius 2 is 1.80 bits per heavy atom.